The largest absolute Gasteiger partial charge is 0.295 e. The summed E-state index contributed by atoms with van der Waals surface area (Å²) in [6.45, 7) is 3.79. The lowest BCUT2D eigenvalue weighted by Crippen LogP contribution is -1.80. The van der Waals surface area contributed by atoms with Crippen LogP contribution < -0.4 is 0 Å². The molecule has 0 bridgehead atoms. The van der Waals surface area contributed by atoms with Gasteiger partial charge in [0.2, 0.25) is 0 Å². The van der Waals surface area contributed by atoms with Crippen molar-refractivity contribution in [1.82, 2.24) is 0 Å². The van der Waals surface area contributed by atoms with Gasteiger partial charge in [-0.05, 0) is 31.3 Å². The Balaban J connectivity index is 2.25. The van der Waals surface area contributed by atoms with E-state index in [4.69, 9.17) is 0 Å². The molecule has 0 heterocycles. The van der Waals surface area contributed by atoms with Crippen molar-refractivity contribution in [1.29, 1.82) is 0 Å². The second-order valence-corrected chi connectivity index (χ2v) is 2.85. The monoisotopic (exact) mass is 124 g/mol. The molecule has 1 heteroatoms. The molecule has 0 aromatic rings. The van der Waals surface area contributed by atoms with E-state index in [0.717, 1.165) is 5.92 Å². The number of allylic oxidation sites excluding steroid dienone is 2. The predicted molar refractivity (Wildman–Crippen MR) is 37.1 cm³/mol. The maximum absolute atomic E-state index is 10.4. The molecule has 0 N–H and O–H groups in total. The SMILES string of the molecule is CC(=O)/C=C/C1CC1C. The lowest BCUT2D eigenvalue weighted by atomic mass is 10.3. The van der Waals surface area contributed by atoms with Crippen molar-refractivity contribution >= 4 is 5.78 Å². The van der Waals surface area contributed by atoms with Gasteiger partial charge in [0.15, 0.2) is 5.78 Å². The molecule has 1 nitrogen and oxygen atoms in total. The van der Waals surface area contributed by atoms with Crippen molar-refractivity contribution in [3.8, 4) is 0 Å². The highest BCUT2D eigenvalue weighted by Crippen LogP contribution is 2.38. The van der Waals surface area contributed by atoms with Gasteiger partial charge in [-0.2, -0.15) is 0 Å². The third-order valence-corrected chi connectivity index (χ3v) is 1.75. The van der Waals surface area contributed by atoms with Gasteiger partial charge >= 0.3 is 0 Å². The Bertz CT molecular complexity index is 147. The van der Waals surface area contributed by atoms with Crippen molar-refractivity contribution in [3.63, 3.8) is 0 Å². The molecular weight excluding hydrogens is 112 g/mol. The molecule has 0 saturated heterocycles. The first-order valence-corrected chi connectivity index (χ1v) is 3.39. The van der Waals surface area contributed by atoms with E-state index in [1.54, 1.807) is 13.0 Å². The molecule has 0 aliphatic heterocycles. The normalized spacial score (nSPS) is 33.1. The molecule has 0 spiro atoms. The second kappa shape index (κ2) is 2.34. The third-order valence-electron chi connectivity index (χ3n) is 1.75. The Labute approximate surface area is 55.8 Å². The molecule has 2 unspecified atom stereocenters. The second-order valence-electron chi connectivity index (χ2n) is 2.85. The van der Waals surface area contributed by atoms with Crippen LogP contribution in [-0.4, -0.2) is 5.78 Å². The molecule has 0 amide bonds. The van der Waals surface area contributed by atoms with E-state index in [9.17, 15) is 4.79 Å². The van der Waals surface area contributed by atoms with Crippen LogP contribution in [0.15, 0.2) is 12.2 Å². The summed E-state index contributed by atoms with van der Waals surface area (Å²) in [6.07, 6.45) is 4.96. The van der Waals surface area contributed by atoms with Gasteiger partial charge in [0, 0.05) is 0 Å². The maximum Gasteiger partial charge on any atom is 0.152 e. The topological polar surface area (TPSA) is 17.1 Å². The summed E-state index contributed by atoms with van der Waals surface area (Å²) in [4.78, 5) is 10.4. The van der Waals surface area contributed by atoms with E-state index >= 15 is 0 Å². The van der Waals surface area contributed by atoms with Gasteiger partial charge in [0.1, 0.15) is 0 Å². The average molecular weight is 124 g/mol. The minimum atomic E-state index is 0.161. The van der Waals surface area contributed by atoms with Gasteiger partial charge in [-0.25, -0.2) is 0 Å². The summed E-state index contributed by atoms with van der Waals surface area (Å²) in [5, 5.41) is 0. The molecule has 0 aromatic heterocycles. The zero-order valence-electron chi connectivity index (χ0n) is 5.92. The minimum absolute atomic E-state index is 0.161. The van der Waals surface area contributed by atoms with E-state index in [1.807, 2.05) is 6.08 Å². The summed E-state index contributed by atoms with van der Waals surface area (Å²) in [7, 11) is 0. The van der Waals surface area contributed by atoms with Crippen molar-refractivity contribution in [2.45, 2.75) is 20.3 Å². The molecule has 1 saturated carbocycles. The first-order valence-electron chi connectivity index (χ1n) is 3.39. The molecule has 0 aromatic carbocycles. The molecule has 2 atom stereocenters. The van der Waals surface area contributed by atoms with E-state index in [2.05, 4.69) is 6.92 Å². The molecule has 50 valence electrons. The van der Waals surface area contributed by atoms with Crippen molar-refractivity contribution in [3.05, 3.63) is 12.2 Å². The van der Waals surface area contributed by atoms with E-state index in [-0.39, 0.29) is 5.78 Å². The third kappa shape index (κ3) is 2.00. The summed E-state index contributed by atoms with van der Waals surface area (Å²) < 4.78 is 0. The number of hydrogen-bond donors (Lipinski definition) is 0. The molecule has 1 aliphatic carbocycles. The van der Waals surface area contributed by atoms with Crippen LogP contribution in [0.25, 0.3) is 0 Å². The lowest BCUT2D eigenvalue weighted by molar-refractivity contribution is -0.112. The minimum Gasteiger partial charge on any atom is -0.295 e. The molecule has 0 radical (unpaired) electrons. The quantitative estimate of drug-likeness (QED) is 0.513. The Morgan fingerprint density at radius 1 is 1.67 bits per heavy atom. The van der Waals surface area contributed by atoms with E-state index < -0.39 is 0 Å². The van der Waals surface area contributed by atoms with Crippen LogP contribution in [0.5, 0.6) is 0 Å². The predicted octanol–water partition coefficient (Wildman–Crippen LogP) is 1.79. The van der Waals surface area contributed by atoms with Crippen LogP contribution >= 0.6 is 0 Å². The fraction of sp³-hybridized carbons (Fsp3) is 0.625. The fourth-order valence-corrected chi connectivity index (χ4v) is 0.878. The highest BCUT2D eigenvalue weighted by Gasteiger charge is 2.29. The molecule has 1 fully saturated rings. The van der Waals surface area contributed by atoms with Crippen molar-refractivity contribution < 1.29 is 4.79 Å². The van der Waals surface area contributed by atoms with Crippen molar-refractivity contribution in [2.24, 2.45) is 11.8 Å². The number of hydrogen-bond acceptors (Lipinski definition) is 1. The van der Waals surface area contributed by atoms with Crippen LogP contribution in [0.4, 0.5) is 0 Å². The number of carbonyl (C=O) groups is 1. The Morgan fingerprint density at radius 3 is 2.56 bits per heavy atom. The van der Waals surface area contributed by atoms with Gasteiger partial charge < -0.3 is 0 Å². The molecule has 1 rings (SSSR count). The van der Waals surface area contributed by atoms with Crippen LogP contribution in [0.3, 0.4) is 0 Å². The Morgan fingerprint density at radius 2 is 2.22 bits per heavy atom. The fourth-order valence-electron chi connectivity index (χ4n) is 0.878. The Hall–Kier alpha value is -0.590. The highest BCUT2D eigenvalue weighted by atomic mass is 16.1. The number of carbonyl (C=O) groups excluding carboxylic acids is 1. The number of ketones is 1. The molecular formula is C8H12O. The Kier molecular flexibility index (Phi) is 1.70. The summed E-state index contributed by atoms with van der Waals surface area (Å²) in [5.41, 5.74) is 0. The first kappa shape index (κ1) is 6.53. The van der Waals surface area contributed by atoms with Crippen LogP contribution in [-0.2, 0) is 4.79 Å². The van der Waals surface area contributed by atoms with Gasteiger partial charge in [-0.3, -0.25) is 4.79 Å². The summed E-state index contributed by atoms with van der Waals surface area (Å²) in [6, 6.07) is 0. The summed E-state index contributed by atoms with van der Waals surface area (Å²) in [5.74, 6) is 1.68. The van der Waals surface area contributed by atoms with Gasteiger partial charge in [-0.1, -0.05) is 13.0 Å². The van der Waals surface area contributed by atoms with E-state index in [0.29, 0.717) is 5.92 Å². The first-order chi connectivity index (χ1) is 4.20. The zero-order valence-corrected chi connectivity index (χ0v) is 5.92. The average Bonchev–Trinajstić information content (AvgIpc) is 2.42. The van der Waals surface area contributed by atoms with Gasteiger partial charge in [0.25, 0.3) is 0 Å². The lowest BCUT2D eigenvalue weighted by Gasteiger charge is -1.79. The van der Waals surface area contributed by atoms with Crippen LogP contribution in [0.1, 0.15) is 20.3 Å². The molecule has 1 aliphatic rings. The van der Waals surface area contributed by atoms with Crippen molar-refractivity contribution in [2.75, 3.05) is 0 Å². The maximum atomic E-state index is 10.4. The standard InChI is InChI=1S/C8H12O/c1-6-5-8(6)4-3-7(2)9/h3-4,6,8H,5H2,1-2H3/b4-3+. The van der Waals surface area contributed by atoms with E-state index in [1.165, 1.54) is 6.42 Å². The summed E-state index contributed by atoms with van der Waals surface area (Å²) >= 11 is 0. The van der Waals surface area contributed by atoms with Crippen LogP contribution in [0.2, 0.25) is 0 Å². The highest BCUT2D eigenvalue weighted by molar-refractivity contribution is 5.87. The van der Waals surface area contributed by atoms with Crippen LogP contribution in [0, 0.1) is 11.8 Å². The van der Waals surface area contributed by atoms with Gasteiger partial charge in [-0.15, -0.1) is 0 Å². The van der Waals surface area contributed by atoms with Gasteiger partial charge in [0.05, 0.1) is 0 Å². The molecule has 9 heavy (non-hydrogen) atoms. The zero-order chi connectivity index (χ0) is 6.85. The number of rotatable bonds is 2. The smallest absolute Gasteiger partial charge is 0.152 e.